The van der Waals surface area contributed by atoms with Gasteiger partial charge in [0.05, 0.1) is 17.9 Å². The van der Waals surface area contributed by atoms with Crippen LogP contribution in [0.5, 0.6) is 5.75 Å². The summed E-state index contributed by atoms with van der Waals surface area (Å²) in [4.78, 5) is 0. The number of aromatic nitrogens is 3. The molecule has 1 aromatic carbocycles. The molecule has 0 saturated carbocycles. The van der Waals surface area contributed by atoms with Crippen LogP contribution in [-0.4, -0.2) is 26.6 Å². The number of phenols is 1. The molecule has 1 aromatic heterocycles. The van der Waals surface area contributed by atoms with E-state index in [0.29, 0.717) is 6.04 Å². The van der Waals surface area contributed by atoms with Crippen LogP contribution < -0.4 is 5.32 Å². The van der Waals surface area contributed by atoms with Crippen LogP contribution in [0.15, 0.2) is 30.5 Å². The van der Waals surface area contributed by atoms with E-state index in [-0.39, 0.29) is 5.75 Å². The third kappa shape index (κ3) is 2.22. The van der Waals surface area contributed by atoms with E-state index in [1.165, 1.54) is 12.8 Å². The molecule has 2 heterocycles. The lowest BCUT2D eigenvalue weighted by Gasteiger charge is -2.20. The molecule has 1 aliphatic rings. The summed E-state index contributed by atoms with van der Waals surface area (Å²) in [6, 6.07) is 7.26. The number of phenolic OH excluding ortho intramolecular Hbond substituents is 1. The number of aromatic hydroxyl groups is 1. The third-order valence-electron chi connectivity index (χ3n) is 3.29. The number of nitrogens with one attached hydrogen (secondary N) is 1. The molecule has 5 heteroatoms. The Morgan fingerprint density at radius 3 is 2.78 bits per heavy atom. The second-order valence-electron chi connectivity index (χ2n) is 4.61. The number of piperidine rings is 1. The Morgan fingerprint density at radius 1 is 1.22 bits per heavy atom. The van der Waals surface area contributed by atoms with Crippen LogP contribution in [0.2, 0.25) is 0 Å². The molecule has 0 spiro atoms. The molecule has 5 nitrogen and oxygen atoms in total. The minimum atomic E-state index is 0.257. The molecular formula is C13H16N4O. The largest absolute Gasteiger partial charge is 0.508 e. The van der Waals surface area contributed by atoms with Gasteiger partial charge >= 0.3 is 0 Å². The van der Waals surface area contributed by atoms with Crippen molar-refractivity contribution in [3.05, 3.63) is 36.2 Å². The topological polar surface area (TPSA) is 63.0 Å². The lowest BCUT2D eigenvalue weighted by molar-refractivity contribution is 0.405. The van der Waals surface area contributed by atoms with Gasteiger partial charge in [-0.05, 0) is 43.7 Å². The second kappa shape index (κ2) is 4.78. The molecule has 94 valence electrons. The maximum Gasteiger partial charge on any atom is 0.115 e. The summed E-state index contributed by atoms with van der Waals surface area (Å²) in [5.41, 5.74) is 1.89. The monoisotopic (exact) mass is 244 g/mol. The molecule has 18 heavy (non-hydrogen) atoms. The van der Waals surface area contributed by atoms with Gasteiger partial charge in [-0.1, -0.05) is 11.6 Å². The van der Waals surface area contributed by atoms with Crippen molar-refractivity contribution in [3.63, 3.8) is 0 Å². The average molecular weight is 244 g/mol. The molecule has 0 aliphatic carbocycles. The zero-order valence-electron chi connectivity index (χ0n) is 10.1. The van der Waals surface area contributed by atoms with Crippen molar-refractivity contribution >= 4 is 0 Å². The van der Waals surface area contributed by atoms with Crippen molar-refractivity contribution in [2.75, 3.05) is 6.54 Å². The van der Waals surface area contributed by atoms with Gasteiger partial charge in [0.25, 0.3) is 0 Å². The average Bonchev–Trinajstić information content (AvgIpc) is 2.90. The van der Waals surface area contributed by atoms with E-state index in [1.54, 1.807) is 16.8 Å². The number of rotatable bonds is 2. The van der Waals surface area contributed by atoms with Crippen molar-refractivity contribution in [3.8, 4) is 11.4 Å². The first-order chi connectivity index (χ1) is 8.83. The van der Waals surface area contributed by atoms with E-state index in [0.717, 1.165) is 24.3 Å². The van der Waals surface area contributed by atoms with Gasteiger partial charge in [-0.3, -0.25) is 0 Å². The Balaban J connectivity index is 1.82. The molecule has 1 aliphatic heterocycles. The summed E-state index contributed by atoms with van der Waals surface area (Å²) in [5, 5.41) is 21.1. The first-order valence-electron chi connectivity index (χ1n) is 6.28. The van der Waals surface area contributed by atoms with E-state index in [2.05, 4.69) is 15.6 Å². The predicted molar refractivity (Wildman–Crippen MR) is 67.6 cm³/mol. The Morgan fingerprint density at radius 2 is 2.06 bits per heavy atom. The van der Waals surface area contributed by atoms with E-state index < -0.39 is 0 Å². The predicted octanol–water partition coefficient (Wildman–Crippen LogP) is 1.79. The number of nitrogens with zero attached hydrogens (tertiary/aromatic N) is 3. The van der Waals surface area contributed by atoms with Gasteiger partial charge in [0.2, 0.25) is 0 Å². The fourth-order valence-corrected chi connectivity index (χ4v) is 2.27. The lowest BCUT2D eigenvalue weighted by Crippen LogP contribution is -2.27. The van der Waals surface area contributed by atoms with Crippen molar-refractivity contribution in [2.45, 2.75) is 25.3 Å². The summed E-state index contributed by atoms with van der Waals surface area (Å²) < 4.78 is 1.74. The van der Waals surface area contributed by atoms with Gasteiger partial charge in [-0.25, -0.2) is 4.68 Å². The number of hydrogen-bond acceptors (Lipinski definition) is 4. The van der Waals surface area contributed by atoms with Crippen LogP contribution in [0.25, 0.3) is 5.69 Å². The quantitative estimate of drug-likeness (QED) is 0.845. The first-order valence-corrected chi connectivity index (χ1v) is 6.28. The van der Waals surface area contributed by atoms with Gasteiger partial charge in [0, 0.05) is 0 Å². The molecule has 0 radical (unpaired) electrons. The van der Waals surface area contributed by atoms with Gasteiger partial charge in [0.1, 0.15) is 11.4 Å². The standard InChI is InChI=1S/C13H16N4O/c18-11-6-4-10(5-7-11)17-9-13(15-16-17)12-3-1-2-8-14-12/h4-7,9,12,14,18H,1-3,8H2. The zero-order chi connectivity index (χ0) is 12.4. The fourth-order valence-electron chi connectivity index (χ4n) is 2.27. The molecule has 0 bridgehead atoms. The highest BCUT2D eigenvalue weighted by Crippen LogP contribution is 2.21. The van der Waals surface area contributed by atoms with E-state index in [9.17, 15) is 5.11 Å². The molecule has 1 saturated heterocycles. The minimum Gasteiger partial charge on any atom is -0.508 e. The Hall–Kier alpha value is -1.88. The first kappa shape index (κ1) is 11.2. The van der Waals surface area contributed by atoms with Gasteiger partial charge in [-0.2, -0.15) is 0 Å². The number of benzene rings is 1. The van der Waals surface area contributed by atoms with Crippen molar-refractivity contribution in [1.29, 1.82) is 0 Å². The van der Waals surface area contributed by atoms with Crippen LogP contribution in [0, 0.1) is 0 Å². The third-order valence-corrected chi connectivity index (χ3v) is 3.29. The van der Waals surface area contributed by atoms with Crippen molar-refractivity contribution < 1.29 is 5.11 Å². The summed E-state index contributed by atoms with van der Waals surface area (Å²) >= 11 is 0. The Kier molecular flexibility index (Phi) is 2.98. The highest BCUT2D eigenvalue weighted by Gasteiger charge is 2.17. The molecule has 1 fully saturated rings. The summed E-state index contributed by atoms with van der Waals surface area (Å²) in [5.74, 6) is 0.257. The van der Waals surface area contributed by atoms with Gasteiger partial charge < -0.3 is 10.4 Å². The molecule has 2 aromatic rings. The van der Waals surface area contributed by atoms with Crippen LogP contribution in [0.1, 0.15) is 31.0 Å². The van der Waals surface area contributed by atoms with Gasteiger partial charge in [0.15, 0.2) is 0 Å². The van der Waals surface area contributed by atoms with Crippen LogP contribution in [0.4, 0.5) is 0 Å². The Labute approximate surface area is 105 Å². The summed E-state index contributed by atoms with van der Waals surface area (Å²) in [6.45, 7) is 1.05. The maximum absolute atomic E-state index is 9.26. The Bertz CT molecular complexity index is 514. The van der Waals surface area contributed by atoms with E-state index >= 15 is 0 Å². The lowest BCUT2D eigenvalue weighted by atomic mass is 10.0. The summed E-state index contributed by atoms with van der Waals surface area (Å²) in [7, 11) is 0. The molecule has 1 unspecified atom stereocenters. The van der Waals surface area contributed by atoms with Crippen molar-refractivity contribution in [2.24, 2.45) is 0 Å². The molecule has 1 atom stereocenters. The SMILES string of the molecule is Oc1ccc(-n2cc(C3CCCCN3)nn2)cc1. The summed E-state index contributed by atoms with van der Waals surface area (Å²) in [6.07, 6.45) is 5.55. The van der Waals surface area contributed by atoms with Crippen molar-refractivity contribution in [1.82, 2.24) is 20.3 Å². The van der Waals surface area contributed by atoms with E-state index in [1.807, 2.05) is 18.3 Å². The van der Waals surface area contributed by atoms with Crippen LogP contribution in [0.3, 0.4) is 0 Å². The highest BCUT2D eigenvalue weighted by atomic mass is 16.3. The minimum absolute atomic E-state index is 0.257. The molecule has 0 amide bonds. The molecule has 2 N–H and O–H groups in total. The second-order valence-corrected chi connectivity index (χ2v) is 4.61. The zero-order valence-corrected chi connectivity index (χ0v) is 10.1. The number of hydrogen-bond donors (Lipinski definition) is 2. The maximum atomic E-state index is 9.26. The fraction of sp³-hybridized carbons (Fsp3) is 0.385. The molecule has 3 rings (SSSR count). The van der Waals surface area contributed by atoms with Crippen LogP contribution in [-0.2, 0) is 0 Å². The van der Waals surface area contributed by atoms with E-state index in [4.69, 9.17) is 0 Å². The molecular weight excluding hydrogens is 228 g/mol. The van der Waals surface area contributed by atoms with Gasteiger partial charge in [-0.15, -0.1) is 5.10 Å². The highest BCUT2D eigenvalue weighted by molar-refractivity contribution is 5.36. The normalized spacial score (nSPS) is 19.9. The smallest absolute Gasteiger partial charge is 0.115 e. The van der Waals surface area contributed by atoms with Crippen LogP contribution >= 0.6 is 0 Å².